The Labute approximate surface area is 199 Å². The first kappa shape index (κ1) is 23.7. The van der Waals surface area contributed by atoms with Crippen LogP contribution >= 0.6 is 0 Å². The molecule has 7 nitrogen and oxygen atoms in total. The number of hydrogen-bond acceptors (Lipinski definition) is 4. The molecule has 0 saturated carbocycles. The average molecular weight is 467 g/mol. The zero-order valence-electron chi connectivity index (χ0n) is 19.7. The largest absolute Gasteiger partial charge is 0.352 e. The molecule has 0 aromatic heterocycles. The maximum atomic E-state index is 13.7. The number of carbonyl (C=O) groups is 3. The first-order valence-corrected chi connectivity index (χ1v) is 11.8. The number of para-hydroxylation sites is 1. The number of likely N-dealkylation sites (tertiary alicyclic amines) is 1. The number of hydrogen-bond donors (Lipinski definition) is 1. The number of benzene rings is 2. The summed E-state index contributed by atoms with van der Waals surface area (Å²) in [4.78, 5) is 44.5. The molecule has 2 aromatic carbocycles. The lowest BCUT2D eigenvalue weighted by molar-refractivity contribution is -0.137. The van der Waals surface area contributed by atoms with E-state index < -0.39 is 11.4 Å². The van der Waals surface area contributed by atoms with E-state index in [4.69, 9.17) is 0 Å². The molecule has 3 amide bonds. The summed E-state index contributed by atoms with van der Waals surface area (Å²) in [5.74, 6) is -0.956. The van der Waals surface area contributed by atoms with Gasteiger partial charge in [-0.2, -0.15) is 0 Å². The molecule has 0 radical (unpaired) electrons. The highest BCUT2D eigenvalue weighted by atomic mass is 19.1. The van der Waals surface area contributed by atoms with Gasteiger partial charge in [-0.15, -0.1) is 0 Å². The van der Waals surface area contributed by atoms with Crippen molar-refractivity contribution in [2.75, 3.05) is 31.2 Å². The Kier molecular flexibility index (Phi) is 6.86. The molecule has 2 aromatic rings. The van der Waals surface area contributed by atoms with Gasteiger partial charge in [0.15, 0.2) is 0 Å². The van der Waals surface area contributed by atoms with Crippen LogP contribution in [0.1, 0.15) is 43.5 Å². The molecule has 1 N–H and O–H groups in total. The number of nitrogens with zero attached hydrogens (tertiary/aromatic N) is 3. The first-order chi connectivity index (χ1) is 16.3. The van der Waals surface area contributed by atoms with Crippen LogP contribution in [0, 0.1) is 5.82 Å². The van der Waals surface area contributed by atoms with Crippen molar-refractivity contribution < 1.29 is 18.8 Å². The van der Waals surface area contributed by atoms with Gasteiger partial charge < -0.3 is 20.0 Å². The molecular formula is C26H31FN4O3. The fourth-order valence-corrected chi connectivity index (χ4v) is 4.80. The van der Waals surface area contributed by atoms with Crippen LogP contribution in [0.2, 0.25) is 0 Å². The molecule has 1 spiro atoms. The van der Waals surface area contributed by atoms with E-state index in [-0.39, 0.29) is 30.3 Å². The quantitative estimate of drug-likeness (QED) is 0.711. The standard InChI is InChI=1S/C26H31FN4O3/c1-3-19(2)28-23(32)17-30-18-31(22-10-5-4-6-11-22)26(25(30)34)12-14-29(15-13-26)24(33)20-8-7-9-21(27)16-20/h4-11,16,19H,3,12-15,17-18H2,1-2H3,(H,28,32)/t19-/m0/s1. The Morgan fingerprint density at radius 3 is 2.44 bits per heavy atom. The minimum atomic E-state index is -0.823. The Bertz CT molecular complexity index is 1050. The third-order valence-corrected chi connectivity index (χ3v) is 6.89. The van der Waals surface area contributed by atoms with Gasteiger partial charge in [-0.1, -0.05) is 31.2 Å². The van der Waals surface area contributed by atoms with E-state index in [2.05, 4.69) is 10.2 Å². The summed E-state index contributed by atoms with van der Waals surface area (Å²) in [6.07, 6.45) is 1.69. The van der Waals surface area contributed by atoms with Crippen molar-refractivity contribution in [1.82, 2.24) is 15.1 Å². The van der Waals surface area contributed by atoms with Crippen LogP contribution in [0.25, 0.3) is 0 Å². The summed E-state index contributed by atoms with van der Waals surface area (Å²) < 4.78 is 13.6. The van der Waals surface area contributed by atoms with Gasteiger partial charge in [-0.05, 0) is 56.5 Å². The summed E-state index contributed by atoms with van der Waals surface area (Å²) in [6.45, 7) is 4.99. The molecule has 2 saturated heterocycles. The summed E-state index contributed by atoms with van der Waals surface area (Å²) >= 11 is 0. The highest BCUT2D eigenvalue weighted by Crippen LogP contribution is 2.39. The Hall–Kier alpha value is -3.42. The second kappa shape index (κ2) is 9.83. The van der Waals surface area contributed by atoms with Crippen LogP contribution in [0.5, 0.6) is 0 Å². The molecule has 180 valence electrons. The fraction of sp³-hybridized carbons (Fsp3) is 0.423. The number of anilines is 1. The second-order valence-electron chi connectivity index (χ2n) is 9.12. The molecular weight excluding hydrogens is 435 g/mol. The molecule has 1 atom stereocenters. The smallest absolute Gasteiger partial charge is 0.253 e. The molecule has 34 heavy (non-hydrogen) atoms. The molecule has 2 heterocycles. The summed E-state index contributed by atoms with van der Waals surface area (Å²) in [5, 5.41) is 2.93. The first-order valence-electron chi connectivity index (χ1n) is 11.8. The Morgan fingerprint density at radius 2 is 1.79 bits per heavy atom. The Balaban J connectivity index is 1.54. The van der Waals surface area contributed by atoms with Crippen molar-refractivity contribution in [2.24, 2.45) is 0 Å². The molecule has 0 bridgehead atoms. The molecule has 4 rings (SSSR count). The molecule has 8 heteroatoms. The second-order valence-corrected chi connectivity index (χ2v) is 9.12. The lowest BCUT2D eigenvalue weighted by Gasteiger charge is -2.43. The lowest BCUT2D eigenvalue weighted by atomic mass is 9.85. The summed E-state index contributed by atoms with van der Waals surface area (Å²) in [5.41, 5.74) is 0.388. The molecule has 0 unspecified atom stereocenters. The van der Waals surface area contributed by atoms with E-state index in [0.717, 1.165) is 12.1 Å². The highest BCUT2D eigenvalue weighted by Gasteiger charge is 2.54. The van der Waals surface area contributed by atoms with E-state index in [0.29, 0.717) is 38.2 Å². The third-order valence-electron chi connectivity index (χ3n) is 6.89. The number of halogens is 1. The van der Waals surface area contributed by atoms with Crippen molar-refractivity contribution in [3.05, 3.63) is 66.0 Å². The number of nitrogens with one attached hydrogen (secondary N) is 1. The summed E-state index contributed by atoms with van der Waals surface area (Å²) in [6, 6.07) is 15.4. The van der Waals surface area contributed by atoms with Crippen LogP contribution in [0.4, 0.5) is 10.1 Å². The zero-order valence-corrected chi connectivity index (χ0v) is 19.7. The monoisotopic (exact) mass is 466 g/mol. The molecule has 0 aliphatic carbocycles. The number of carbonyl (C=O) groups excluding carboxylic acids is 3. The zero-order chi connectivity index (χ0) is 24.3. The fourth-order valence-electron chi connectivity index (χ4n) is 4.80. The van der Waals surface area contributed by atoms with Crippen LogP contribution in [-0.4, -0.2) is 65.4 Å². The molecule has 2 fully saturated rings. The van der Waals surface area contributed by atoms with E-state index in [9.17, 15) is 18.8 Å². The number of rotatable bonds is 6. The van der Waals surface area contributed by atoms with Crippen molar-refractivity contribution in [1.29, 1.82) is 0 Å². The van der Waals surface area contributed by atoms with Crippen LogP contribution in [0.15, 0.2) is 54.6 Å². The highest BCUT2D eigenvalue weighted by molar-refractivity contribution is 5.97. The maximum Gasteiger partial charge on any atom is 0.253 e. The third kappa shape index (κ3) is 4.62. The topological polar surface area (TPSA) is 73.0 Å². The predicted molar refractivity (Wildman–Crippen MR) is 128 cm³/mol. The Morgan fingerprint density at radius 1 is 1.09 bits per heavy atom. The van der Waals surface area contributed by atoms with Crippen molar-refractivity contribution in [3.63, 3.8) is 0 Å². The average Bonchev–Trinajstić information content (AvgIpc) is 3.10. The van der Waals surface area contributed by atoms with Gasteiger partial charge in [0.25, 0.3) is 11.8 Å². The van der Waals surface area contributed by atoms with Crippen molar-refractivity contribution in [3.8, 4) is 0 Å². The predicted octanol–water partition coefficient (Wildman–Crippen LogP) is 3.02. The van der Waals surface area contributed by atoms with Crippen molar-refractivity contribution >= 4 is 23.4 Å². The number of amides is 3. The van der Waals surface area contributed by atoms with Crippen LogP contribution in [0.3, 0.4) is 0 Å². The molecule has 2 aliphatic rings. The van der Waals surface area contributed by atoms with E-state index in [1.165, 1.54) is 18.2 Å². The summed E-state index contributed by atoms with van der Waals surface area (Å²) in [7, 11) is 0. The molecule has 2 aliphatic heterocycles. The van der Waals surface area contributed by atoms with E-state index >= 15 is 0 Å². The van der Waals surface area contributed by atoms with Gasteiger partial charge in [0.05, 0.1) is 6.67 Å². The van der Waals surface area contributed by atoms with Crippen LogP contribution in [-0.2, 0) is 9.59 Å². The van der Waals surface area contributed by atoms with Gasteiger partial charge in [0.1, 0.15) is 17.9 Å². The SMILES string of the molecule is CC[C@H](C)NC(=O)CN1CN(c2ccccc2)C2(CCN(C(=O)c3cccc(F)c3)CC2)C1=O. The minimum absolute atomic E-state index is 0.000192. The van der Waals surface area contributed by atoms with Gasteiger partial charge >= 0.3 is 0 Å². The lowest BCUT2D eigenvalue weighted by Crippen LogP contribution is -2.57. The van der Waals surface area contributed by atoms with Gasteiger partial charge in [-0.3, -0.25) is 14.4 Å². The van der Waals surface area contributed by atoms with E-state index in [1.807, 2.05) is 44.2 Å². The van der Waals surface area contributed by atoms with E-state index in [1.54, 1.807) is 15.9 Å². The minimum Gasteiger partial charge on any atom is -0.352 e. The van der Waals surface area contributed by atoms with Gasteiger partial charge in [0.2, 0.25) is 5.91 Å². The van der Waals surface area contributed by atoms with Gasteiger partial charge in [0, 0.05) is 30.4 Å². The number of piperidine rings is 1. The van der Waals surface area contributed by atoms with Crippen molar-refractivity contribution in [2.45, 2.75) is 44.7 Å². The van der Waals surface area contributed by atoms with Crippen LogP contribution < -0.4 is 10.2 Å². The maximum absolute atomic E-state index is 13.7. The normalized spacial score (nSPS) is 18.3. The van der Waals surface area contributed by atoms with Gasteiger partial charge in [-0.25, -0.2) is 4.39 Å².